The monoisotopic (exact) mass is 472 g/mol. The number of sulfonamides is 1. The number of amides is 1. The van der Waals surface area contributed by atoms with Crippen molar-refractivity contribution in [1.29, 1.82) is 0 Å². The molecule has 0 unspecified atom stereocenters. The van der Waals surface area contributed by atoms with E-state index in [1.54, 1.807) is 12.1 Å². The molecule has 0 aliphatic rings. The maximum atomic E-state index is 12.9. The topological polar surface area (TPSA) is 84.5 Å². The highest BCUT2D eigenvalue weighted by Gasteiger charge is 2.21. The molecule has 0 radical (unpaired) electrons. The van der Waals surface area contributed by atoms with Gasteiger partial charge in [0.05, 0.1) is 11.6 Å². The Labute approximate surface area is 193 Å². The van der Waals surface area contributed by atoms with Gasteiger partial charge in [0.1, 0.15) is 10.6 Å². The summed E-state index contributed by atoms with van der Waals surface area (Å²) in [5.41, 5.74) is 3.43. The summed E-state index contributed by atoms with van der Waals surface area (Å²) in [5, 5.41) is 2.83. The van der Waals surface area contributed by atoms with E-state index in [1.807, 2.05) is 51.1 Å². The van der Waals surface area contributed by atoms with Crippen molar-refractivity contribution in [3.05, 3.63) is 87.9 Å². The second-order valence-electron chi connectivity index (χ2n) is 7.27. The van der Waals surface area contributed by atoms with E-state index in [9.17, 15) is 13.2 Å². The highest BCUT2D eigenvalue weighted by molar-refractivity contribution is 7.92. The molecule has 0 spiro atoms. The molecule has 0 aliphatic heterocycles. The Balaban J connectivity index is 1.80. The minimum absolute atomic E-state index is 0.0274. The van der Waals surface area contributed by atoms with Crippen LogP contribution >= 0.6 is 11.6 Å². The van der Waals surface area contributed by atoms with Crippen molar-refractivity contribution < 1.29 is 17.9 Å². The summed E-state index contributed by atoms with van der Waals surface area (Å²) in [6, 6.07) is 16.8. The van der Waals surface area contributed by atoms with Crippen molar-refractivity contribution in [2.24, 2.45) is 0 Å². The van der Waals surface area contributed by atoms with Crippen LogP contribution in [0.3, 0.4) is 0 Å². The zero-order valence-corrected chi connectivity index (χ0v) is 19.7. The molecular weight excluding hydrogens is 448 g/mol. The Morgan fingerprint density at radius 1 is 1.00 bits per heavy atom. The van der Waals surface area contributed by atoms with Crippen LogP contribution in [0.1, 0.15) is 34.0 Å². The van der Waals surface area contributed by atoms with Gasteiger partial charge in [0, 0.05) is 23.4 Å². The van der Waals surface area contributed by atoms with Gasteiger partial charge >= 0.3 is 0 Å². The molecular formula is C24H25ClN2O4S. The average molecular weight is 473 g/mol. The summed E-state index contributed by atoms with van der Waals surface area (Å²) in [4.78, 5) is 12.5. The van der Waals surface area contributed by atoms with Gasteiger partial charge in [-0.05, 0) is 68.3 Å². The summed E-state index contributed by atoms with van der Waals surface area (Å²) >= 11 is 6.17. The minimum Gasteiger partial charge on any atom is -0.494 e. The van der Waals surface area contributed by atoms with E-state index in [-0.39, 0.29) is 22.0 Å². The fourth-order valence-electron chi connectivity index (χ4n) is 3.09. The molecule has 2 N–H and O–H groups in total. The number of anilines is 1. The SMILES string of the molecule is CCOc1ccccc1CNC(=O)c1ccc(Cl)c(S(=O)(=O)Nc2ccc(C)c(C)c2)c1. The van der Waals surface area contributed by atoms with E-state index >= 15 is 0 Å². The lowest BCUT2D eigenvalue weighted by molar-refractivity contribution is 0.0950. The van der Waals surface area contributed by atoms with Gasteiger partial charge in [-0.2, -0.15) is 0 Å². The first kappa shape index (κ1) is 23.6. The third-order valence-electron chi connectivity index (χ3n) is 4.95. The number of halogens is 1. The van der Waals surface area contributed by atoms with E-state index in [4.69, 9.17) is 16.3 Å². The lowest BCUT2D eigenvalue weighted by Crippen LogP contribution is -2.24. The van der Waals surface area contributed by atoms with Crippen LogP contribution in [0.25, 0.3) is 0 Å². The maximum absolute atomic E-state index is 12.9. The summed E-state index contributed by atoms with van der Waals surface area (Å²) in [5.74, 6) is 0.267. The summed E-state index contributed by atoms with van der Waals surface area (Å²) in [6.07, 6.45) is 0. The lowest BCUT2D eigenvalue weighted by atomic mass is 10.1. The number of hydrogen-bond donors (Lipinski definition) is 2. The van der Waals surface area contributed by atoms with E-state index < -0.39 is 15.9 Å². The van der Waals surface area contributed by atoms with Gasteiger partial charge < -0.3 is 10.1 Å². The molecule has 3 rings (SSSR count). The first-order valence-corrected chi connectivity index (χ1v) is 12.0. The Bertz CT molecular complexity index is 1240. The van der Waals surface area contributed by atoms with Crippen LogP contribution < -0.4 is 14.8 Å². The van der Waals surface area contributed by atoms with Crippen LogP contribution in [0, 0.1) is 13.8 Å². The first-order chi connectivity index (χ1) is 15.2. The molecule has 168 valence electrons. The number of carbonyl (C=O) groups excluding carboxylic acids is 1. The summed E-state index contributed by atoms with van der Waals surface area (Å²) in [6.45, 7) is 6.47. The van der Waals surface area contributed by atoms with Crippen molar-refractivity contribution in [2.45, 2.75) is 32.2 Å². The zero-order valence-electron chi connectivity index (χ0n) is 18.1. The molecule has 3 aromatic rings. The number of rotatable bonds is 8. The fourth-order valence-corrected chi connectivity index (χ4v) is 4.67. The quantitative estimate of drug-likeness (QED) is 0.478. The molecule has 0 aromatic heterocycles. The van der Waals surface area contributed by atoms with Crippen LogP contribution in [0.2, 0.25) is 5.02 Å². The molecule has 6 nitrogen and oxygen atoms in total. The number of hydrogen-bond acceptors (Lipinski definition) is 4. The Hall–Kier alpha value is -3.03. The molecule has 0 heterocycles. The van der Waals surface area contributed by atoms with E-state index in [2.05, 4.69) is 10.0 Å². The fraction of sp³-hybridized carbons (Fsp3) is 0.208. The molecule has 8 heteroatoms. The van der Waals surface area contributed by atoms with Crippen molar-refractivity contribution in [2.75, 3.05) is 11.3 Å². The van der Waals surface area contributed by atoms with Gasteiger partial charge in [-0.25, -0.2) is 8.42 Å². The third kappa shape index (κ3) is 5.60. The average Bonchev–Trinajstić information content (AvgIpc) is 2.75. The van der Waals surface area contributed by atoms with Crippen molar-refractivity contribution in [3.63, 3.8) is 0 Å². The second-order valence-corrected chi connectivity index (χ2v) is 9.33. The highest BCUT2D eigenvalue weighted by atomic mass is 35.5. The molecule has 0 saturated carbocycles. The standard InChI is InChI=1S/C24H25ClN2O4S/c1-4-31-22-8-6-5-7-19(22)15-26-24(28)18-10-12-21(25)23(14-18)32(29,30)27-20-11-9-16(2)17(3)13-20/h5-14,27H,4,15H2,1-3H3,(H,26,28). The Kier molecular flexibility index (Phi) is 7.43. The lowest BCUT2D eigenvalue weighted by Gasteiger charge is -2.13. The predicted octanol–water partition coefficient (Wildman–Crippen LogP) is 5.09. The number of benzene rings is 3. The molecule has 3 aromatic carbocycles. The maximum Gasteiger partial charge on any atom is 0.263 e. The van der Waals surface area contributed by atoms with E-state index in [1.165, 1.54) is 18.2 Å². The van der Waals surface area contributed by atoms with Crippen LogP contribution in [0.4, 0.5) is 5.69 Å². The Morgan fingerprint density at radius 3 is 2.47 bits per heavy atom. The largest absolute Gasteiger partial charge is 0.494 e. The third-order valence-corrected chi connectivity index (χ3v) is 6.82. The number of para-hydroxylation sites is 1. The van der Waals surface area contributed by atoms with Gasteiger partial charge in [-0.15, -0.1) is 0 Å². The first-order valence-electron chi connectivity index (χ1n) is 10.1. The van der Waals surface area contributed by atoms with Crippen LogP contribution in [0.5, 0.6) is 5.75 Å². The van der Waals surface area contributed by atoms with Gasteiger partial charge in [0.25, 0.3) is 15.9 Å². The van der Waals surface area contributed by atoms with Gasteiger partial charge in [0.2, 0.25) is 0 Å². The van der Waals surface area contributed by atoms with Gasteiger partial charge in [0.15, 0.2) is 0 Å². The second kappa shape index (κ2) is 10.1. The van der Waals surface area contributed by atoms with Crippen molar-refractivity contribution in [3.8, 4) is 5.75 Å². The predicted molar refractivity (Wildman–Crippen MR) is 127 cm³/mol. The van der Waals surface area contributed by atoms with Crippen LogP contribution in [0.15, 0.2) is 65.6 Å². The molecule has 0 aliphatic carbocycles. The minimum atomic E-state index is -3.99. The number of ether oxygens (including phenoxy) is 1. The normalized spacial score (nSPS) is 11.1. The van der Waals surface area contributed by atoms with Gasteiger partial charge in [-0.1, -0.05) is 35.9 Å². The van der Waals surface area contributed by atoms with Gasteiger partial charge in [-0.3, -0.25) is 9.52 Å². The number of aryl methyl sites for hydroxylation is 2. The van der Waals surface area contributed by atoms with E-state index in [0.29, 0.717) is 18.0 Å². The van der Waals surface area contributed by atoms with E-state index in [0.717, 1.165) is 16.7 Å². The summed E-state index contributed by atoms with van der Waals surface area (Å²) < 4.78 is 34.0. The molecule has 0 saturated heterocycles. The molecule has 32 heavy (non-hydrogen) atoms. The molecule has 0 bridgehead atoms. The van der Waals surface area contributed by atoms with Crippen LogP contribution in [-0.2, 0) is 16.6 Å². The van der Waals surface area contributed by atoms with Crippen LogP contribution in [-0.4, -0.2) is 20.9 Å². The number of carbonyl (C=O) groups is 1. The molecule has 1 amide bonds. The zero-order chi connectivity index (χ0) is 23.3. The molecule has 0 atom stereocenters. The molecule has 0 fully saturated rings. The smallest absolute Gasteiger partial charge is 0.263 e. The number of nitrogens with one attached hydrogen (secondary N) is 2. The summed E-state index contributed by atoms with van der Waals surface area (Å²) in [7, 11) is -3.99. The highest BCUT2D eigenvalue weighted by Crippen LogP contribution is 2.26. The van der Waals surface area contributed by atoms with Crippen molar-refractivity contribution >= 4 is 33.2 Å². The van der Waals surface area contributed by atoms with Crippen molar-refractivity contribution in [1.82, 2.24) is 5.32 Å². The Morgan fingerprint density at radius 2 is 1.75 bits per heavy atom.